The maximum atomic E-state index is 14.2. The molecule has 2 atom stereocenters. The molecule has 0 spiro atoms. The monoisotopic (exact) mass is 470 g/mol. The number of amides is 1. The molecule has 32 heavy (non-hydrogen) atoms. The molecule has 2 aromatic rings. The minimum atomic E-state index is -4.82. The van der Waals surface area contributed by atoms with Gasteiger partial charge in [-0.1, -0.05) is 36.4 Å². The molecule has 1 aliphatic rings. The fraction of sp³-hybridized carbons (Fsp3) is 0.429. The van der Waals surface area contributed by atoms with Gasteiger partial charge < -0.3 is 11.1 Å². The predicted octanol–water partition coefficient (Wildman–Crippen LogP) is 2.00. The van der Waals surface area contributed by atoms with Crippen molar-refractivity contribution in [3.05, 3.63) is 66.0 Å². The smallest absolute Gasteiger partial charge is 0.337 e. The lowest BCUT2D eigenvalue weighted by Crippen LogP contribution is -2.62. The summed E-state index contributed by atoms with van der Waals surface area (Å²) in [5, 5.41) is 4.76. The Morgan fingerprint density at radius 1 is 1.16 bits per heavy atom. The Bertz CT molecular complexity index is 1040. The van der Waals surface area contributed by atoms with E-state index in [1.165, 1.54) is 36.5 Å². The van der Waals surface area contributed by atoms with Crippen LogP contribution >= 0.6 is 0 Å². The van der Waals surface area contributed by atoms with Gasteiger partial charge in [0.15, 0.2) is 9.84 Å². The molecule has 0 saturated heterocycles. The summed E-state index contributed by atoms with van der Waals surface area (Å²) in [6, 6.07) is 9.97. The average molecular weight is 471 g/mol. The number of pyridine rings is 1. The van der Waals surface area contributed by atoms with E-state index in [2.05, 4.69) is 15.6 Å². The van der Waals surface area contributed by atoms with E-state index in [-0.39, 0.29) is 11.3 Å². The highest BCUT2D eigenvalue weighted by atomic mass is 32.2. The van der Waals surface area contributed by atoms with Gasteiger partial charge in [-0.2, -0.15) is 13.2 Å². The largest absolute Gasteiger partial charge is 0.410 e. The molecule has 0 bridgehead atoms. The molecule has 1 aliphatic carbocycles. The first-order valence-electron chi connectivity index (χ1n) is 9.95. The van der Waals surface area contributed by atoms with Crippen molar-refractivity contribution in [1.29, 1.82) is 0 Å². The summed E-state index contributed by atoms with van der Waals surface area (Å²) in [5.41, 5.74) is 2.26. The first kappa shape index (κ1) is 24.1. The van der Waals surface area contributed by atoms with Crippen molar-refractivity contribution in [2.45, 2.75) is 48.9 Å². The molecule has 3 rings (SSSR count). The van der Waals surface area contributed by atoms with E-state index in [4.69, 9.17) is 5.73 Å². The molecule has 1 aromatic carbocycles. The van der Waals surface area contributed by atoms with E-state index in [0.29, 0.717) is 12.8 Å². The molecule has 1 unspecified atom stereocenters. The molecule has 0 aliphatic heterocycles. The molecule has 4 N–H and O–H groups in total. The number of nitrogens with one attached hydrogen (secondary N) is 2. The zero-order valence-electron chi connectivity index (χ0n) is 17.4. The zero-order chi connectivity index (χ0) is 23.6. The zero-order valence-corrected chi connectivity index (χ0v) is 18.2. The van der Waals surface area contributed by atoms with Crippen molar-refractivity contribution in [1.82, 2.24) is 15.6 Å². The van der Waals surface area contributed by atoms with Crippen molar-refractivity contribution in [3.63, 3.8) is 0 Å². The second-order valence-corrected chi connectivity index (χ2v) is 10.3. The molecule has 1 heterocycles. The van der Waals surface area contributed by atoms with E-state index < -0.39 is 50.7 Å². The molecular weight excluding hydrogens is 445 g/mol. The lowest BCUT2D eigenvalue weighted by Gasteiger charge is -2.37. The van der Waals surface area contributed by atoms with E-state index in [1.807, 2.05) is 0 Å². The van der Waals surface area contributed by atoms with Crippen LogP contribution in [0.4, 0.5) is 13.2 Å². The first-order chi connectivity index (χ1) is 14.8. The van der Waals surface area contributed by atoms with Crippen molar-refractivity contribution in [2.24, 2.45) is 5.73 Å². The van der Waals surface area contributed by atoms with Gasteiger partial charge in [-0.3, -0.25) is 15.1 Å². The Morgan fingerprint density at radius 2 is 1.78 bits per heavy atom. The third-order valence-electron chi connectivity index (χ3n) is 5.37. The summed E-state index contributed by atoms with van der Waals surface area (Å²) in [7, 11) is -4.01. The summed E-state index contributed by atoms with van der Waals surface area (Å²) in [6.45, 7) is 0.878. The van der Waals surface area contributed by atoms with Gasteiger partial charge in [0, 0.05) is 6.20 Å². The Hall–Kier alpha value is -2.50. The Kier molecular flexibility index (Phi) is 6.64. The SMILES string of the molecule is CC(N[C@@H](CS(=O)(=O)Cc1ccccn1)C(=O)NC1(N)CC1)(c1ccccc1)C(F)(F)F. The molecule has 11 heteroatoms. The number of nitrogens with two attached hydrogens (primary N) is 1. The van der Waals surface area contributed by atoms with Crippen LogP contribution in [0, 0.1) is 0 Å². The van der Waals surface area contributed by atoms with Crippen LogP contribution in [0.25, 0.3) is 0 Å². The first-order valence-corrected chi connectivity index (χ1v) is 11.8. The number of benzene rings is 1. The third kappa shape index (κ3) is 5.84. The number of carbonyl (C=O) groups excluding carboxylic acids is 1. The number of aromatic nitrogens is 1. The molecule has 1 aromatic heterocycles. The Morgan fingerprint density at radius 3 is 2.31 bits per heavy atom. The molecule has 0 radical (unpaired) electrons. The van der Waals surface area contributed by atoms with E-state index in [0.717, 1.165) is 6.92 Å². The second kappa shape index (κ2) is 8.80. The van der Waals surface area contributed by atoms with E-state index >= 15 is 0 Å². The predicted molar refractivity (Wildman–Crippen MR) is 113 cm³/mol. The minimum Gasteiger partial charge on any atom is -0.337 e. The molecule has 1 saturated carbocycles. The minimum absolute atomic E-state index is 0.152. The average Bonchev–Trinajstić information content (AvgIpc) is 3.44. The van der Waals surface area contributed by atoms with Crippen molar-refractivity contribution >= 4 is 15.7 Å². The van der Waals surface area contributed by atoms with Crippen molar-refractivity contribution in [2.75, 3.05) is 5.75 Å². The van der Waals surface area contributed by atoms with Crippen LogP contribution in [0.3, 0.4) is 0 Å². The van der Waals surface area contributed by atoms with Gasteiger partial charge >= 0.3 is 6.18 Å². The van der Waals surface area contributed by atoms with Crippen LogP contribution in [0.15, 0.2) is 54.7 Å². The number of hydrogen-bond donors (Lipinski definition) is 3. The van der Waals surface area contributed by atoms with Crippen LogP contribution in [0.2, 0.25) is 0 Å². The Balaban J connectivity index is 1.92. The van der Waals surface area contributed by atoms with Crippen molar-refractivity contribution < 1.29 is 26.4 Å². The second-order valence-electron chi connectivity index (χ2n) is 8.21. The maximum Gasteiger partial charge on any atom is 0.410 e. The fourth-order valence-corrected chi connectivity index (χ4v) is 4.73. The standard InChI is InChI=1S/C21H25F3N4O3S/c1-19(21(22,23)24,15-7-3-2-4-8-15)27-17(18(29)28-20(25)10-11-20)14-32(30,31)13-16-9-5-6-12-26-16/h2-9,12,17,27H,10-11,13-14,25H2,1H3,(H,28,29)/t17-,19?/m0/s1. The highest BCUT2D eigenvalue weighted by Crippen LogP contribution is 2.39. The quantitative estimate of drug-likeness (QED) is 0.483. The molecule has 1 amide bonds. The van der Waals surface area contributed by atoms with Gasteiger partial charge in [0.25, 0.3) is 0 Å². The van der Waals surface area contributed by atoms with E-state index in [1.54, 1.807) is 18.2 Å². The van der Waals surface area contributed by atoms with Crippen LogP contribution in [-0.2, 0) is 25.9 Å². The number of hydrogen-bond acceptors (Lipinski definition) is 6. The van der Waals surface area contributed by atoms with Crippen LogP contribution in [0.5, 0.6) is 0 Å². The van der Waals surface area contributed by atoms with Gasteiger partial charge in [-0.25, -0.2) is 8.42 Å². The van der Waals surface area contributed by atoms with Gasteiger partial charge in [0.2, 0.25) is 5.91 Å². The van der Waals surface area contributed by atoms with Crippen LogP contribution in [-0.4, -0.2) is 42.9 Å². The lowest BCUT2D eigenvalue weighted by molar-refractivity contribution is -0.197. The van der Waals surface area contributed by atoms with Gasteiger partial charge in [0.05, 0.1) is 22.9 Å². The topological polar surface area (TPSA) is 114 Å². The fourth-order valence-electron chi connectivity index (χ4n) is 3.25. The summed E-state index contributed by atoms with van der Waals surface area (Å²) in [4.78, 5) is 16.8. The summed E-state index contributed by atoms with van der Waals surface area (Å²) in [5.74, 6) is -2.27. The summed E-state index contributed by atoms with van der Waals surface area (Å²) < 4.78 is 68.1. The molecule has 7 nitrogen and oxygen atoms in total. The normalized spacial score (nSPS) is 18.4. The third-order valence-corrected chi connectivity index (χ3v) is 6.95. The number of sulfone groups is 1. The highest BCUT2D eigenvalue weighted by molar-refractivity contribution is 7.90. The van der Waals surface area contributed by atoms with Crippen molar-refractivity contribution in [3.8, 4) is 0 Å². The summed E-state index contributed by atoms with van der Waals surface area (Å²) in [6.07, 6.45) is -2.49. The van der Waals surface area contributed by atoms with Gasteiger partial charge in [0.1, 0.15) is 11.6 Å². The van der Waals surface area contributed by atoms with Gasteiger partial charge in [-0.05, 0) is 37.5 Å². The maximum absolute atomic E-state index is 14.2. The molecule has 1 fully saturated rings. The summed E-state index contributed by atoms with van der Waals surface area (Å²) >= 11 is 0. The van der Waals surface area contributed by atoms with Gasteiger partial charge in [-0.15, -0.1) is 0 Å². The number of alkyl halides is 3. The van der Waals surface area contributed by atoms with Crippen LogP contribution in [0.1, 0.15) is 31.0 Å². The number of halogens is 3. The lowest BCUT2D eigenvalue weighted by atomic mass is 9.90. The highest BCUT2D eigenvalue weighted by Gasteiger charge is 2.54. The Labute approximate surface area is 184 Å². The number of nitrogens with zero attached hydrogens (tertiary/aromatic N) is 1. The number of rotatable bonds is 9. The molecular formula is C21H25F3N4O3S. The molecule has 174 valence electrons. The van der Waals surface area contributed by atoms with Crippen LogP contribution < -0.4 is 16.4 Å². The van der Waals surface area contributed by atoms with E-state index in [9.17, 15) is 26.4 Å². The number of carbonyl (C=O) groups is 1.